The van der Waals surface area contributed by atoms with E-state index >= 15 is 0 Å². The van der Waals surface area contributed by atoms with Gasteiger partial charge in [-0.25, -0.2) is 0 Å². The summed E-state index contributed by atoms with van der Waals surface area (Å²) in [4.78, 5) is 12.7. The topological polar surface area (TPSA) is 55.8 Å². The van der Waals surface area contributed by atoms with Gasteiger partial charge in [-0.2, -0.15) is 0 Å². The lowest BCUT2D eigenvalue weighted by Crippen LogP contribution is -2.12. The number of Topliss-reactive ketones (excluding diaryl/α,β-unsaturated/α-hetero) is 1. The zero-order valence-electron chi connectivity index (χ0n) is 13.2. The summed E-state index contributed by atoms with van der Waals surface area (Å²) in [5.74, 6) is 1.54. The van der Waals surface area contributed by atoms with Gasteiger partial charge in [0.05, 0.1) is 5.56 Å². The molecule has 0 fully saturated rings. The van der Waals surface area contributed by atoms with Crippen molar-refractivity contribution in [3.63, 3.8) is 0 Å². The van der Waals surface area contributed by atoms with Gasteiger partial charge in [-0.05, 0) is 61.1 Å². The Hall–Kier alpha value is -2.49. The normalized spacial score (nSPS) is 18.3. The van der Waals surface area contributed by atoms with Crippen LogP contribution in [0.4, 0.5) is 0 Å². The van der Waals surface area contributed by atoms with Gasteiger partial charge in [-0.15, -0.1) is 0 Å². The number of aromatic hydroxyl groups is 1. The summed E-state index contributed by atoms with van der Waals surface area (Å²) < 4.78 is 10.7. The standard InChI is InChI=1S/C19H18O4/c1-10-5-11(2)18(20)17-14(10)8-13(19(17)21)6-12-3-4-15-16(7-12)23-9-22-15/h3-5,7,13,20H,6,8-9H2,1-2H3. The first-order chi connectivity index (χ1) is 11.0. The van der Waals surface area contributed by atoms with E-state index in [-0.39, 0.29) is 24.2 Å². The highest BCUT2D eigenvalue weighted by Crippen LogP contribution is 2.39. The molecule has 0 saturated carbocycles. The van der Waals surface area contributed by atoms with E-state index < -0.39 is 0 Å². The van der Waals surface area contributed by atoms with Crippen LogP contribution in [-0.2, 0) is 12.8 Å². The van der Waals surface area contributed by atoms with Crippen molar-refractivity contribution in [1.29, 1.82) is 0 Å². The molecule has 1 aliphatic carbocycles. The van der Waals surface area contributed by atoms with Gasteiger partial charge in [0.1, 0.15) is 5.75 Å². The number of aryl methyl sites for hydroxylation is 2. The number of hydrogen-bond acceptors (Lipinski definition) is 4. The summed E-state index contributed by atoms with van der Waals surface area (Å²) in [6.07, 6.45) is 1.32. The number of phenols is 1. The number of rotatable bonds is 2. The highest BCUT2D eigenvalue weighted by Gasteiger charge is 2.35. The Labute approximate surface area is 134 Å². The first-order valence-corrected chi connectivity index (χ1v) is 7.79. The van der Waals surface area contributed by atoms with Crippen LogP contribution >= 0.6 is 0 Å². The lowest BCUT2D eigenvalue weighted by Gasteiger charge is -2.09. The molecule has 0 aromatic heterocycles. The van der Waals surface area contributed by atoms with Crippen molar-refractivity contribution in [1.82, 2.24) is 0 Å². The molecule has 1 aliphatic heterocycles. The van der Waals surface area contributed by atoms with Crippen LogP contribution in [0.3, 0.4) is 0 Å². The van der Waals surface area contributed by atoms with Crippen LogP contribution in [0.2, 0.25) is 0 Å². The average molecular weight is 310 g/mol. The van der Waals surface area contributed by atoms with Gasteiger partial charge in [-0.3, -0.25) is 4.79 Å². The third-order valence-electron chi connectivity index (χ3n) is 4.81. The van der Waals surface area contributed by atoms with E-state index in [4.69, 9.17) is 9.47 Å². The quantitative estimate of drug-likeness (QED) is 0.924. The maximum Gasteiger partial charge on any atom is 0.231 e. The van der Waals surface area contributed by atoms with Gasteiger partial charge in [0.15, 0.2) is 17.3 Å². The minimum Gasteiger partial charge on any atom is -0.507 e. The van der Waals surface area contributed by atoms with Crippen LogP contribution in [0.15, 0.2) is 24.3 Å². The molecule has 2 aliphatic rings. The molecule has 0 amide bonds. The zero-order valence-corrected chi connectivity index (χ0v) is 13.2. The highest BCUT2D eigenvalue weighted by molar-refractivity contribution is 6.05. The van der Waals surface area contributed by atoms with Crippen LogP contribution in [-0.4, -0.2) is 17.7 Å². The molecule has 4 nitrogen and oxygen atoms in total. The predicted molar refractivity (Wildman–Crippen MR) is 85.4 cm³/mol. The fourth-order valence-corrected chi connectivity index (χ4v) is 3.61. The van der Waals surface area contributed by atoms with E-state index in [1.807, 2.05) is 38.1 Å². The Balaban J connectivity index is 1.64. The van der Waals surface area contributed by atoms with Gasteiger partial charge in [0.25, 0.3) is 0 Å². The SMILES string of the molecule is Cc1cc(C)c2c(c1O)C(=O)C(Cc1ccc3c(c1)OCO3)C2. The van der Waals surface area contributed by atoms with Gasteiger partial charge in [0.2, 0.25) is 6.79 Å². The molecule has 1 atom stereocenters. The molecule has 2 aromatic carbocycles. The number of fused-ring (bicyclic) bond motifs is 2. The minimum absolute atomic E-state index is 0.0435. The second-order valence-corrected chi connectivity index (χ2v) is 6.37. The molecule has 4 heteroatoms. The summed E-state index contributed by atoms with van der Waals surface area (Å²) >= 11 is 0. The second kappa shape index (κ2) is 5.01. The molecule has 2 aromatic rings. The summed E-state index contributed by atoms with van der Waals surface area (Å²) in [5, 5.41) is 10.3. The third kappa shape index (κ3) is 2.17. The molecule has 1 N–H and O–H groups in total. The molecule has 4 rings (SSSR count). The average Bonchev–Trinajstić information content (AvgIpc) is 3.10. The lowest BCUT2D eigenvalue weighted by atomic mass is 9.95. The van der Waals surface area contributed by atoms with E-state index in [1.54, 1.807) is 0 Å². The van der Waals surface area contributed by atoms with Gasteiger partial charge in [0, 0.05) is 5.92 Å². The number of carbonyl (C=O) groups is 1. The zero-order chi connectivity index (χ0) is 16.1. The van der Waals surface area contributed by atoms with Crippen LogP contribution < -0.4 is 9.47 Å². The molecule has 0 radical (unpaired) electrons. The van der Waals surface area contributed by atoms with Crippen molar-refractivity contribution in [3.8, 4) is 17.2 Å². The predicted octanol–water partition coefficient (Wildman–Crippen LogP) is 3.34. The van der Waals surface area contributed by atoms with Gasteiger partial charge >= 0.3 is 0 Å². The van der Waals surface area contributed by atoms with E-state index in [2.05, 4.69) is 0 Å². The molecule has 0 saturated heterocycles. The van der Waals surface area contributed by atoms with E-state index in [9.17, 15) is 9.90 Å². The number of ether oxygens (including phenoxy) is 2. The van der Waals surface area contributed by atoms with E-state index in [1.165, 1.54) is 0 Å². The van der Waals surface area contributed by atoms with E-state index in [0.29, 0.717) is 18.4 Å². The first-order valence-electron chi connectivity index (χ1n) is 7.79. The second-order valence-electron chi connectivity index (χ2n) is 6.37. The lowest BCUT2D eigenvalue weighted by molar-refractivity contribution is 0.0934. The van der Waals surface area contributed by atoms with Crippen LogP contribution in [0.1, 0.15) is 32.6 Å². The maximum atomic E-state index is 12.7. The Kier molecular flexibility index (Phi) is 3.08. The fourth-order valence-electron chi connectivity index (χ4n) is 3.61. The number of phenolic OH excluding ortho intramolecular Hbond substituents is 1. The molecule has 23 heavy (non-hydrogen) atoms. The third-order valence-corrected chi connectivity index (χ3v) is 4.81. The van der Waals surface area contributed by atoms with Crippen molar-refractivity contribution < 1.29 is 19.4 Å². The number of ketones is 1. The summed E-state index contributed by atoms with van der Waals surface area (Å²) in [5.41, 5.74) is 4.40. The molecule has 118 valence electrons. The Morgan fingerprint density at radius 1 is 1.13 bits per heavy atom. The van der Waals surface area contributed by atoms with Crippen molar-refractivity contribution in [2.75, 3.05) is 6.79 Å². The molecular formula is C19H18O4. The van der Waals surface area contributed by atoms with Crippen LogP contribution in [0.5, 0.6) is 17.2 Å². The summed E-state index contributed by atoms with van der Waals surface area (Å²) in [6.45, 7) is 4.08. The molecule has 0 bridgehead atoms. The first kappa shape index (κ1) is 14.1. The van der Waals surface area contributed by atoms with Crippen molar-refractivity contribution in [2.45, 2.75) is 26.7 Å². The number of carbonyl (C=O) groups excluding carboxylic acids is 1. The largest absolute Gasteiger partial charge is 0.507 e. The van der Waals surface area contributed by atoms with Gasteiger partial charge < -0.3 is 14.6 Å². The van der Waals surface area contributed by atoms with E-state index in [0.717, 1.165) is 33.8 Å². The molecular weight excluding hydrogens is 292 g/mol. The summed E-state index contributed by atoms with van der Waals surface area (Å²) in [7, 11) is 0. The number of hydrogen-bond donors (Lipinski definition) is 1. The molecule has 1 heterocycles. The van der Waals surface area contributed by atoms with Crippen molar-refractivity contribution >= 4 is 5.78 Å². The molecule has 1 unspecified atom stereocenters. The van der Waals surface area contributed by atoms with Crippen molar-refractivity contribution in [2.24, 2.45) is 5.92 Å². The summed E-state index contributed by atoms with van der Waals surface area (Å²) in [6, 6.07) is 7.75. The van der Waals surface area contributed by atoms with Gasteiger partial charge in [-0.1, -0.05) is 12.1 Å². The minimum atomic E-state index is -0.128. The fraction of sp³-hybridized carbons (Fsp3) is 0.316. The smallest absolute Gasteiger partial charge is 0.231 e. The Morgan fingerprint density at radius 2 is 1.91 bits per heavy atom. The van der Waals surface area contributed by atoms with Crippen LogP contribution in [0, 0.1) is 19.8 Å². The van der Waals surface area contributed by atoms with Crippen molar-refractivity contribution in [3.05, 3.63) is 52.1 Å². The Morgan fingerprint density at radius 3 is 2.74 bits per heavy atom. The number of benzene rings is 2. The highest BCUT2D eigenvalue weighted by atomic mass is 16.7. The Bertz CT molecular complexity index is 823. The maximum absolute atomic E-state index is 12.7. The molecule has 0 spiro atoms. The monoisotopic (exact) mass is 310 g/mol. The van der Waals surface area contributed by atoms with Crippen LogP contribution in [0.25, 0.3) is 0 Å².